The average molecular weight is 276 g/mol. The standard InChI is InChI=1S/C16H24N2O2/c1-14(2,3)20-13(19)18-16-8-11-6-12(16)9-15(7-11,10-16)4-5-17/h11-12H,4,6-10H2,1-3H3,(H,18,19). The summed E-state index contributed by atoms with van der Waals surface area (Å²) in [6.07, 6.45) is 5.87. The summed E-state index contributed by atoms with van der Waals surface area (Å²) in [6.45, 7) is 5.67. The predicted octanol–water partition coefficient (Wildman–Crippen LogP) is 3.37. The minimum Gasteiger partial charge on any atom is -0.444 e. The van der Waals surface area contributed by atoms with Crippen molar-refractivity contribution in [2.45, 2.75) is 70.4 Å². The Labute approximate surface area is 120 Å². The first-order valence-electron chi connectivity index (χ1n) is 7.64. The molecule has 110 valence electrons. The molecule has 4 bridgehead atoms. The van der Waals surface area contributed by atoms with E-state index in [4.69, 9.17) is 10.00 Å². The van der Waals surface area contributed by atoms with Crippen molar-refractivity contribution < 1.29 is 9.53 Å². The molecule has 0 aromatic heterocycles. The lowest BCUT2D eigenvalue weighted by Gasteiger charge is -2.40. The molecule has 4 fully saturated rings. The molecule has 0 aliphatic heterocycles. The van der Waals surface area contributed by atoms with Crippen molar-refractivity contribution in [1.82, 2.24) is 5.32 Å². The number of carbonyl (C=O) groups is 1. The smallest absolute Gasteiger partial charge is 0.408 e. The second-order valence-corrected chi connectivity index (χ2v) is 8.21. The Morgan fingerprint density at radius 3 is 2.80 bits per heavy atom. The van der Waals surface area contributed by atoms with E-state index in [0.29, 0.717) is 18.3 Å². The molecule has 4 aliphatic rings. The maximum atomic E-state index is 12.1. The van der Waals surface area contributed by atoms with Crippen molar-refractivity contribution in [3.8, 4) is 6.07 Å². The van der Waals surface area contributed by atoms with E-state index in [1.165, 1.54) is 12.8 Å². The molecule has 20 heavy (non-hydrogen) atoms. The van der Waals surface area contributed by atoms with Crippen molar-refractivity contribution >= 4 is 6.09 Å². The van der Waals surface area contributed by atoms with E-state index in [-0.39, 0.29) is 17.0 Å². The molecule has 0 spiro atoms. The second kappa shape index (κ2) is 4.13. The van der Waals surface area contributed by atoms with Gasteiger partial charge in [0, 0.05) is 12.0 Å². The summed E-state index contributed by atoms with van der Waals surface area (Å²) < 4.78 is 5.43. The van der Waals surface area contributed by atoms with E-state index < -0.39 is 5.60 Å². The van der Waals surface area contributed by atoms with Crippen LogP contribution in [0.2, 0.25) is 0 Å². The van der Waals surface area contributed by atoms with Gasteiger partial charge in [-0.25, -0.2) is 4.79 Å². The molecule has 4 saturated carbocycles. The zero-order chi connectivity index (χ0) is 14.6. The molecule has 1 N–H and O–H groups in total. The lowest BCUT2D eigenvalue weighted by molar-refractivity contribution is 0.0412. The molecule has 0 aromatic rings. The molecule has 0 radical (unpaired) electrons. The molecule has 4 heteroatoms. The maximum Gasteiger partial charge on any atom is 0.408 e. The van der Waals surface area contributed by atoms with Crippen LogP contribution in [-0.4, -0.2) is 17.2 Å². The second-order valence-electron chi connectivity index (χ2n) is 8.21. The van der Waals surface area contributed by atoms with Crippen LogP contribution in [0.1, 0.15) is 59.3 Å². The molecule has 0 aromatic carbocycles. The minimum atomic E-state index is -0.458. The van der Waals surface area contributed by atoms with E-state index in [9.17, 15) is 4.79 Å². The third-order valence-electron chi connectivity index (χ3n) is 5.35. The third-order valence-corrected chi connectivity index (χ3v) is 5.35. The van der Waals surface area contributed by atoms with Crippen LogP contribution in [0, 0.1) is 28.6 Å². The van der Waals surface area contributed by atoms with Crippen molar-refractivity contribution in [2.24, 2.45) is 17.3 Å². The number of rotatable bonds is 2. The summed E-state index contributed by atoms with van der Waals surface area (Å²) in [6, 6.07) is 2.36. The molecular weight excluding hydrogens is 252 g/mol. The summed E-state index contributed by atoms with van der Waals surface area (Å²) in [4.78, 5) is 12.1. The molecule has 4 atom stereocenters. The van der Waals surface area contributed by atoms with E-state index in [2.05, 4.69) is 11.4 Å². The molecular formula is C16H24N2O2. The fourth-order valence-electron chi connectivity index (χ4n) is 5.15. The van der Waals surface area contributed by atoms with Crippen LogP contribution in [-0.2, 0) is 4.74 Å². The van der Waals surface area contributed by atoms with Crippen LogP contribution in [0.5, 0.6) is 0 Å². The fourth-order valence-corrected chi connectivity index (χ4v) is 5.15. The van der Waals surface area contributed by atoms with Gasteiger partial charge in [0.25, 0.3) is 0 Å². The van der Waals surface area contributed by atoms with Gasteiger partial charge in [-0.3, -0.25) is 0 Å². The first-order chi connectivity index (χ1) is 9.26. The first-order valence-corrected chi connectivity index (χ1v) is 7.64. The Kier molecular flexibility index (Phi) is 2.83. The van der Waals surface area contributed by atoms with Gasteiger partial charge in [0.2, 0.25) is 0 Å². The Morgan fingerprint density at radius 2 is 2.15 bits per heavy atom. The number of hydrogen-bond donors (Lipinski definition) is 1. The highest BCUT2D eigenvalue weighted by Gasteiger charge is 2.64. The highest BCUT2D eigenvalue weighted by molar-refractivity contribution is 5.69. The number of carbonyl (C=O) groups excluding carboxylic acids is 1. The van der Waals surface area contributed by atoms with Crippen LogP contribution in [0.4, 0.5) is 4.79 Å². The van der Waals surface area contributed by atoms with E-state index in [0.717, 1.165) is 19.3 Å². The number of ether oxygens (including phenoxy) is 1. The van der Waals surface area contributed by atoms with Gasteiger partial charge in [-0.05, 0) is 70.1 Å². The fraction of sp³-hybridized carbons (Fsp3) is 0.875. The topological polar surface area (TPSA) is 62.1 Å². The summed E-state index contributed by atoms with van der Waals surface area (Å²) in [5, 5.41) is 12.3. The monoisotopic (exact) mass is 276 g/mol. The summed E-state index contributed by atoms with van der Waals surface area (Å²) in [5.41, 5.74) is -0.390. The largest absolute Gasteiger partial charge is 0.444 e. The van der Waals surface area contributed by atoms with Crippen LogP contribution in [0.3, 0.4) is 0 Å². The van der Waals surface area contributed by atoms with Gasteiger partial charge in [-0.1, -0.05) is 0 Å². The maximum absolute atomic E-state index is 12.1. The van der Waals surface area contributed by atoms with E-state index in [1.54, 1.807) is 0 Å². The van der Waals surface area contributed by atoms with Crippen LogP contribution < -0.4 is 5.32 Å². The van der Waals surface area contributed by atoms with Crippen molar-refractivity contribution in [2.75, 3.05) is 0 Å². The van der Waals surface area contributed by atoms with Crippen LogP contribution in [0.25, 0.3) is 0 Å². The number of nitrogens with one attached hydrogen (secondary N) is 1. The lowest BCUT2D eigenvalue weighted by atomic mass is 9.67. The molecule has 4 unspecified atom stereocenters. The van der Waals surface area contributed by atoms with E-state index >= 15 is 0 Å². The van der Waals surface area contributed by atoms with E-state index in [1.807, 2.05) is 20.8 Å². The molecule has 1 amide bonds. The van der Waals surface area contributed by atoms with Gasteiger partial charge in [-0.2, -0.15) is 5.26 Å². The Bertz CT molecular complexity index is 476. The number of nitriles is 1. The highest BCUT2D eigenvalue weighted by atomic mass is 16.6. The molecule has 4 nitrogen and oxygen atoms in total. The number of amides is 1. The Balaban J connectivity index is 1.74. The van der Waals surface area contributed by atoms with Crippen molar-refractivity contribution in [3.05, 3.63) is 0 Å². The minimum absolute atomic E-state index is 0.0951. The highest BCUT2D eigenvalue weighted by Crippen LogP contribution is 2.67. The molecule has 4 aliphatic carbocycles. The zero-order valence-electron chi connectivity index (χ0n) is 12.7. The zero-order valence-corrected chi connectivity index (χ0v) is 12.7. The van der Waals surface area contributed by atoms with Crippen molar-refractivity contribution in [3.63, 3.8) is 0 Å². The van der Waals surface area contributed by atoms with Crippen LogP contribution >= 0.6 is 0 Å². The normalized spacial score (nSPS) is 41.5. The van der Waals surface area contributed by atoms with Gasteiger partial charge >= 0.3 is 6.09 Å². The van der Waals surface area contributed by atoms with Gasteiger partial charge < -0.3 is 10.1 Å². The summed E-state index contributed by atoms with van der Waals surface area (Å²) in [5.74, 6) is 1.23. The van der Waals surface area contributed by atoms with Gasteiger partial charge in [0.05, 0.1) is 6.07 Å². The Morgan fingerprint density at radius 1 is 1.40 bits per heavy atom. The SMILES string of the molecule is CC(C)(C)OC(=O)NC12CC3CC1CC(CC#N)(C3)C2. The van der Waals surface area contributed by atoms with Crippen LogP contribution in [0.15, 0.2) is 0 Å². The number of nitrogens with zero attached hydrogens (tertiary/aromatic N) is 1. The number of alkyl carbamates (subject to hydrolysis) is 1. The first kappa shape index (κ1) is 13.7. The summed E-state index contributed by atoms with van der Waals surface area (Å²) in [7, 11) is 0. The van der Waals surface area contributed by atoms with Crippen molar-refractivity contribution in [1.29, 1.82) is 5.26 Å². The Hall–Kier alpha value is -1.24. The number of hydrogen-bond acceptors (Lipinski definition) is 3. The summed E-state index contributed by atoms with van der Waals surface area (Å²) >= 11 is 0. The quantitative estimate of drug-likeness (QED) is 0.841. The average Bonchev–Trinajstić information content (AvgIpc) is 2.57. The molecule has 4 rings (SSSR count). The molecule has 0 heterocycles. The third kappa shape index (κ3) is 2.17. The molecule has 0 saturated heterocycles. The van der Waals surface area contributed by atoms with Gasteiger partial charge in [0.15, 0.2) is 0 Å². The van der Waals surface area contributed by atoms with Gasteiger partial charge in [0.1, 0.15) is 5.60 Å². The lowest BCUT2D eigenvalue weighted by Crippen LogP contribution is -2.51. The predicted molar refractivity (Wildman–Crippen MR) is 74.8 cm³/mol. The van der Waals surface area contributed by atoms with Gasteiger partial charge in [-0.15, -0.1) is 0 Å².